The van der Waals surface area contributed by atoms with Gasteiger partial charge in [-0.3, -0.25) is 4.79 Å². The van der Waals surface area contributed by atoms with Crippen molar-refractivity contribution in [3.8, 4) is 0 Å². The Morgan fingerprint density at radius 3 is 2.45 bits per heavy atom. The van der Waals surface area contributed by atoms with E-state index in [1.165, 1.54) is 0 Å². The van der Waals surface area contributed by atoms with Crippen molar-refractivity contribution in [2.75, 3.05) is 13.2 Å². The molecule has 1 aromatic carbocycles. The monoisotopic (exact) mass is 279 g/mol. The SMILES string of the molecule is CC(C)C(O)CC(=O)NCC(CCO)c1ccccc1. The molecule has 2 unspecified atom stereocenters. The summed E-state index contributed by atoms with van der Waals surface area (Å²) in [5, 5.41) is 21.7. The third-order valence-corrected chi connectivity index (χ3v) is 3.46. The number of amides is 1. The van der Waals surface area contributed by atoms with Crippen LogP contribution in [0.4, 0.5) is 0 Å². The van der Waals surface area contributed by atoms with Crippen molar-refractivity contribution in [1.29, 1.82) is 0 Å². The van der Waals surface area contributed by atoms with Crippen molar-refractivity contribution < 1.29 is 15.0 Å². The van der Waals surface area contributed by atoms with Crippen LogP contribution in [-0.4, -0.2) is 35.4 Å². The zero-order valence-corrected chi connectivity index (χ0v) is 12.2. The van der Waals surface area contributed by atoms with Gasteiger partial charge in [0.25, 0.3) is 0 Å². The van der Waals surface area contributed by atoms with Gasteiger partial charge in [-0.05, 0) is 17.9 Å². The van der Waals surface area contributed by atoms with Crippen LogP contribution < -0.4 is 5.32 Å². The van der Waals surface area contributed by atoms with Crippen LogP contribution in [0.15, 0.2) is 30.3 Å². The van der Waals surface area contributed by atoms with Gasteiger partial charge in [-0.1, -0.05) is 44.2 Å². The number of hydrogen-bond donors (Lipinski definition) is 3. The first kappa shape index (κ1) is 16.7. The van der Waals surface area contributed by atoms with E-state index in [1.807, 2.05) is 44.2 Å². The molecule has 0 fully saturated rings. The molecule has 0 saturated carbocycles. The summed E-state index contributed by atoms with van der Waals surface area (Å²) in [6, 6.07) is 9.83. The van der Waals surface area contributed by atoms with E-state index < -0.39 is 6.10 Å². The highest BCUT2D eigenvalue weighted by Crippen LogP contribution is 2.18. The Hall–Kier alpha value is -1.39. The lowest BCUT2D eigenvalue weighted by molar-refractivity contribution is -0.123. The lowest BCUT2D eigenvalue weighted by Gasteiger charge is -2.19. The van der Waals surface area contributed by atoms with Crippen molar-refractivity contribution >= 4 is 5.91 Å². The van der Waals surface area contributed by atoms with Crippen LogP contribution in [-0.2, 0) is 4.79 Å². The maximum absolute atomic E-state index is 11.8. The predicted molar refractivity (Wildman–Crippen MR) is 79.4 cm³/mol. The van der Waals surface area contributed by atoms with Gasteiger partial charge in [0, 0.05) is 19.1 Å². The van der Waals surface area contributed by atoms with E-state index in [2.05, 4.69) is 5.32 Å². The molecule has 0 saturated heterocycles. The standard InChI is InChI=1S/C16H25NO3/c1-12(2)15(19)10-16(20)17-11-14(8-9-18)13-6-4-3-5-7-13/h3-7,12,14-15,18-19H,8-11H2,1-2H3,(H,17,20). The molecule has 4 heteroatoms. The van der Waals surface area contributed by atoms with E-state index in [0.717, 1.165) is 5.56 Å². The summed E-state index contributed by atoms with van der Waals surface area (Å²) in [5.74, 6) is 0.0227. The number of nitrogens with one attached hydrogen (secondary N) is 1. The second kappa shape index (κ2) is 8.72. The van der Waals surface area contributed by atoms with Crippen molar-refractivity contribution in [3.63, 3.8) is 0 Å². The molecule has 20 heavy (non-hydrogen) atoms. The fourth-order valence-corrected chi connectivity index (χ4v) is 2.00. The molecule has 1 aromatic rings. The zero-order chi connectivity index (χ0) is 15.0. The van der Waals surface area contributed by atoms with Crippen LogP contribution in [0.25, 0.3) is 0 Å². The Balaban J connectivity index is 2.49. The molecule has 0 aliphatic heterocycles. The van der Waals surface area contributed by atoms with Crippen LogP contribution in [0.5, 0.6) is 0 Å². The molecule has 0 aromatic heterocycles. The summed E-state index contributed by atoms with van der Waals surface area (Å²) in [4.78, 5) is 11.8. The number of aliphatic hydroxyl groups is 2. The van der Waals surface area contributed by atoms with Gasteiger partial charge in [-0.15, -0.1) is 0 Å². The van der Waals surface area contributed by atoms with E-state index in [4.69, 9.17) is 5.11 Å². The Morgan fingerprint density at radius 1 is 1.25 bits per heavy atom. The van der Waals surface area contributed by atoms with E-state index in [0.29, 0.717) is 13.0 Å². The number of carbonyl (C=O) groups excluding carboxylic acids is 1. The molecule has 0 radical (unpaired) electrons. The highest BCUT2D eigenvalue weighted by Gasteiger charge is 2.16. The summed E-state index contributed by atoms with van der Waals surface area (Å²) in [6.07, 6.45) is 0.123. The van der Waals surface area contributed by atoms with Gasteiger partial charge in [0.1, 0.15) is 0 Å². The van der Waals surface area contributed by atoms with Gasteiger partial charge in [-0.2, -0.15) is 0 Å². The Labute approximate surface area is 120 Å². The van der Waals surface area contributed by atoms with Crippen molar-refractivity contribution in [1.82, 2.24) is 5.32 Å². The van der Waals surface area contributed by atoms with Gasteiger partial charge in [0.15, 0.2) is 0 Å². The van der Waals surface area contributed by atoms with Gasteiger partial charge in [0.2, 0.25) is 5.91 Å². The molecule has 0 bridgehead atoms. The molecule has 1 amide bonds. The first-order chi connectivity index (χ1) is 9.54. The summed E-state index contributed by atoms with van der Waals surface area (Å²) < 4.78 is 0. The summed E-state index contributed by atoms with van der Waals surface area (Å²) in [6.45, 7) is 4.34. The fraction of sp³-hybridized carbons (Fsp3) is 0.562. The molecule has 112 valence electrons. The number of carbonyl (C=O) groups is 1. The van der Waals surface area contributed by atoms with Crippen LogP contribution in [0, 0.1) is 5.92 Å². The number of benzene rings is 1. The molecular weight excluding hydrogens is 254 g/mol. The molecule has 3 N–H and O–H groups in total. The highest BCUT2D eigenvalue weighted by molar-refractivity contribution is 5.76. The van der Waals surface area contributed by atoms with Crippen molar-refractivity contribution in [3.05, 3.63) is 35.9 Å². The molecule has 2 atom stereocenters. The molecule has 0 aliphatic carbocycles. The van der Waals surface area contributed by atoms with E-state index in [-0.39, 0.29) is 30.8 Å². The second-order valence-electron chi connectivity index (χ2n) is 5.44. The van der Waals surface area contributed by atoms with E-state index in [9.17, 15) is 9.90 Å². The maximum atomic E-state index is 11.8. The average molecular weight is 279 g/mol. The molecule has 1 rings (SSSR count). The lowest BCUT2D eigenvalue weighted by Crippen LogP contribution is -2.32. The Bertz CT molecular complexity index is 392. The van der Waals surface area contributed by atoms with Crippen molar-refractivity contribution in [2.24, 2.45) is 5.92 Å². The van der Waals surface area contributed by atoms with Crippen LogP contribution >= 0.6 is 0 Å². The molecule has 0 heterocycles. The molecule has 4 nitrogen and oxygen atoms in total. The van der Waals surface area contributed by atoms with Gasteiger partial charge < -0.3 is 15.5 Å². The minimum atomic E-state index is -0.608. The fourth-order valence-electron chi connectivity index (χ4n) is 2.00. The number of rotatable bonds is 8. The molecular formula is C16H25NO3. The van der Waals surface area contributed by atoms with Gasteiger partial charge in [0.05, 0.1) is 12.5 Å². The number of aliphatic hydroxyl groups excluding tert-OH is 2. The first-order valence-corrected chi connectivity index (χ1v) is 7.15. The topological polar surface area (TPSA) is 69.6 Å². The van der Waals surface area contributed by atoms with Gasteiger partial charge >= 0.3 is 0 Å². The summed E-state index contributed by atoms with van der Waals surface area (Å²) in [7, 11) is 0. The lowest BCUT2D eigenvalue weighted by atomic mass is 9.96. The molecule has 0 spiro atoms. The van der Waals surface area contributed by atoms with Crippen LogP contribution in [0.2, 0.25) is 0 Å². The summed E-state index contributed by atoms with van der Waals surface area (Å²) >= 11 is 0. The largest absolute Gasteiger partial charge is 0.396 e. The van der Waals surface area contributed by atoms with Crippen LogP contribution in [0.3, 0.4) is 0 Å². The van der Waals surface area contributed by atoms with Gasteiger partial charge in [-0.25, -0.2) is 0 Å². The molecule has 0 aliphatic rings. The summed E-state index contributed by atoms with van der Waals surface area (Å²) in [5.41, 5.74) is 1.10. The normalized spacial score (nSPS) is 14.1. The Kier molecular flexibility index (Phi) is 7.26. The third kappa shape index (κ3) is 5.72. The minimum absolute atomic E-state index is 0.0723. The number of hydrogen-bond acceptors (Lipinski definition) is 3. The van der Waals surface area contributed by atoms with E-state index >= 15 is 0 Å². The van der Waals surface area contributed by atoms with Crippen molar-refractivity contribution in [2.45, 2.75) is 38.7 Å². The van der Waals surface area contributed by atoms with Crippen LogP contribution in [0.1, 0.15) is 38.2 Å². The van der Waals surface area contributed by atoms with E-state index in [1.54, 1.807) is 0 Å². The smallest absolute Gasteiger partial charge is 0.222 e. The average Bonchev–Trinajstić information content (AvgIpc) is 2.44. The highest BCUT2D eigenvalue weighted by atomic mass is 16.3. The first-order valence-electron chi connectivity index (χ1n) is 7.15. The Morgan fingerprint density at radius 2 is 1.90 bits per heavy atom. The zero-order valence-electron chi connectivity index (χ0n) is 12.2. The second-order valence-corrected chi connectivity index (χ2v) is 5.44. The quantitative estimate of drug-likeness (QED) is 0.678. The minimum Gasteiger partial charge on any atom is -0.396 e. The predicted octanol–water partition coefficient (Wildman–Crippen LogP) is 1.68. The maximum Gasteiger partial charge on any atom is 0.222 e. The third-order valence-electron chi connectivity index (χ3n) is 3.46.